The number of rotatable bonds is 3. The molecule has 1 atom stereocenters. The Morgan fingerprint density at radius 1 is 1.28 bits per heavy atom. The van der Waals surface area contributed by atoms with Crippen molar-refractivity contribution >= 4 is 15.9 Å². The Balaban J connectivity index is 1.74. The lowest BCUT2D eigenvalue weighted by molar-refractivity contribution is -0.0726. The van der Waals surface area contributed by atoms with Crippen LogP contribution in [-0.2, 0) is 10.2 Å². The van der Waals surface area contributed by atoms with Gasteiger partial charge in [-0.25, -0.2) is 0 Å². The van der Waals surface area contributed by atoms with E-state index in [-0.39, 0.29) is 5.41 Å². The van der Waals surface area contributed by atoms with Crippen LogP contribution in [0.5, 0.6) is 0 Å². The number of benzene rings is 1. The van der Waals surface area contributed by atoms with Gasteiger partial charge < -0.3 is 10.1 Å². The van der Waals surface area contributed by atoms with Crippen molar-refractivity contribution in [2.24, 2.45) is 5.92 Å². The summed E-state index contributed by atoms with van der Waals surface area (Å²) < 4.78 is 6.69. The van der Waals surface area contributed by atoms with Gasteiger partial charge >= 0.3 is 0 Å². The quantitative estimate of drug-likeness (QED) is 0.926. The summed E-state index contributed by atoms with van der Waals surface area (Å²) in [5.41, 5.74) is 1.73. The first-order valence-corrected chi connectivity index (χ1v) is 7.62. The Bertz CT molecular complexity index is 393. The van der Waals surface area contributed by atoms with Crippen LogP contribution in [0.15, 0.2) is 28.7 Å². The van der Waals surface area contributed by atoms with E-state index in [9.17, 15) is 0 Å². The second kappa shape index (κ2) is 5.32. The lowest BCUT2D eigenvalue weighted by Gasteiger charge is -2.45. The van der Waals surface area contributed by atoms with Gasteiger partial charge in [-0.2, -0.15) is 0 Å². The minimum atomic E-state index is 0.282. The van der Waals surface area contributed by atoms with Gasteiger partial charge in [0, 0.05) is 9.89 Å². The normalized spacial score (nSPS) is 26.6. The third-order valence-corrected chi connectivity index (χ3v) is 4.82. The van der Waals surface area contributed by atoms with E-state index in [1.54, 1.807) is 0 Å². The molecule has 1 N–H and O–H groups in total. The minimum Gasteiger partial charge on any atom is -0.379 e. The van der Waals surface area contributed by atoms with E-state index in [2.05, 4.69) is 45.5 Å². The fraction of sp³-hybridized carbons (Fsp3) is 0.600. The van der Waals surface area contributed by atoms with E-state index < -0.39 is 0 Å². The maximum Gasteiger partial charge on any atom is 0.0585 e. The zero-order chi connectivity index (χ0) is 12.4. The lowest BCUT2D eigenvalue weighted by Crippen LogP contribution is -2.49. The molecule has 0 spiro atoms. The van der Waals surface area contributed by atoms with Gasteiger partial charge in [-0.1, -0.05) is 28.1 Å². The number of halogens is 1. The standard InChI is InChI=1S/C15H20BrNO/c16-14-5-3-13(4-6-14)15(10-18-11-15)8-12-2-1-7-17-9-12/h3-6,12,17H,1-2,7-11H2. The van der Waals surface area contributed by atoms with E-state index in [1.807, 2.05) is 0 Å². The van der Waals surface area contributed by atoms with Crippen molar-refractivity contribution in [1.82, 2.24) is 5.32 Å². The predicted octanol–water partition coefficient (Wildman–Crippen LogP) is 3.11. The maximum absolute atomic E-state index is 5.53. The largest absolute Gasteiger partial charge is 0.379 e. The highest BCUT2D eigenvalue weighted by atomic mass is 79.9. The van der Waals surface area contributed by atoms with Crippen molar-refractivity contribution in [3.05, 3.63) is 34.3 Å². The van der Waals surface area contributed by atoms with Crippen LogP contribution in [0.2, 0.25) is 0 Å². The first kappa shape index (κ1) is 12.6. The Morgan fingerprint density at radius 2 is 2.06 bits per heavy atom. The Hall–Kier alpha value is -0.380. The summed E-state index contributed by atoms with van der Waals surface area (Å²) in [6.45, 7) is 4.16. The Labute approximate surface area is 117 Å². The summed E-state index contributed by atoms with van der Waals surface area (Å²) in [5, 5.41) is 3.52. The highest BCUT2D eigenvalue weighted by molar-refractivity contribution is 9.10. The molecule has 2 heterocycles. The molecule has 2 aliphatic rings. The summed E-state index contributed by atoms with van der Waals surface area (Å²) in [7, 11) is 0. The van der Waals surface area contributed by atoms with Gasteiger partial charge in [0.25, 0.3) is 0 Å². The van der Waals surface area contributed by atoms with Gasteiger partial charge in [0.05, 0.1) is 13.2 Å². The first-order chi connectivity index (χ1) is 8.78. The number of ether oxygens (including phenoxy) is 1. The summed E-state index contributed by atoms with van der Waals surface area (Å²) in [6, 6.07) is 8.80. The minimum absolute atomic E-state index is 0.282. The summed E-state index contributed by atoms with van der Waals surface area (Å²) >= 11 is 3.51. The highest BCUT2D eigenvalue weighted by Crippen LogP contribution is 2.40. The zero-order valence-electron chi connectivity index (χ0n) is 10.6. The van der Waals surface area contributed by atoms with E-state index in [4.69, 9.17) is 4.74 Å². The molecule has 0 aliphatic carbocycles. The van der Waals surface area contributed by atoms with Crippen molar-refractivity contribution in [3.63, 3.8) is 0 Å². The van der Waals surface area contributed by atoms with Crippen LogP contribution in [0.4, 0.5) is 0 Å². The van der Waals surface area contributed by atoms with E-state index in [0.717, 1.165) is 23.6 Å². The molecule has 18 heavy (non-hydrogen) atoms. The number of piperidine rings is 1. The second-order valence-corrected chi connectivity index (χ2v) is 6.61. The molecule has 2 fully saturated rings. The predicted molar refractivity (Wildman–Crippen MR) is 76.8 cm³/mol. The Kier molecular flexibility index (Phi) is 3.73. The van der Waals surface area contributed by atoms with E-state index in [0.29, 0.717) is 0 Å². The molecule has 1 aromatic carbocycles. The average molecular weight is 310 g/mol. The summed E-state index contributed by atoms with van der Waals surface area (Å²) in [4.78, 5) is 0. The van der Waals surface area contributed by atoms with Crippen molar-refractivity contribution in [2.75, 3.05) is 26.3 Å². The summed E-state index contributed by atoms with van der Waals surface area (Å²) in [5.74, 6) is 0.811. The summed E-state index contributed by atoms with van der Waals surface area (Å²) in [6.07, 6.45) is 3.95. The van der Waals surface area contributed by atoms with Crippen molar-refractivity contribution in [3.8, 4) is 0 Å². The van der Waals surface area contributed by atoms with Crippen LogP contribution in [0, 0.1) is 5.92 Å². The molecule has 3 heteroatoms. The third-order valence-electron chi connectivity index (χ3n) is 4.29. The molecule has 2 aliphatic heterocycles. The number of hydrogen-bond donors (Lipinski definition) is 1. The van der Waals surface area contributed by atoms with E-state index in [1.165, 1.54) is 37.9 Å². The van der Waals surface area contributed by atoms with Crippen LogP contribution in [0.3, 0.4) is 0 Å². The molecule has 3 rings (SSSR count). The van der Waals surface area contributed by atoms with Gasteiger partial charge in [0.2, 0.25) is 0 Å². The van der Waals surface area contributed by atoms with Crippen LogP contribution in [0.25, 0.3) is 0 Å². The van der Waals surface area contributed by atoms with Crippen molar-refractivity contribution in [2.45, 2.75) is 24.7 Å². The SMILES string of the molecule is Brc1ccc(C2(CC3CCCNC3)COC2)cc1. The molecule has 98 valence electrons. The molecule has 2 nitrogen and oxygen atoms in total. The maximum atomic E-state index is 5.53. The molecule has 0 amide bonds. The van der Waals surface area contributed by atoms with E-state index >= 15 is 0 Å². The topological polar surface area (TPSA) is 21.3 Å². The van der Waals surface area contributed by atoms with Crippen LogP contribution < -0.4 is 5.32 Å². The lowest BCUT2D eigenvalue weighted by atomic mass is 9.71. The second-order valence-electron chi connectivity index (χ2n) is 5.70. The fourth-order valence-electron chi connectivity index (χ4n) is 3.21. The molecule has 0 bridgehead atoms. The van der Waals surface area contributed by atoms with Crippen LogP contribution in [0.1, 0.15) is 24.8 Å². The molecule has 0 saturated carbocycles. The molecule has 0 radical (unpaired) electrons. The number of nitrogens with one attached hydrogen (secondary N) is 1. The molecular weight excluding hydrogens is 290 g/mol. The molecule has 1 aromatic rings. The Morgan fingerprint density at radius 3 is 2.61 bits per heavy atom. The van der Waals surface area contributed by atoms with Gasteiger partial charge in [0.15, 0.2) is 0 Å². The van der Waals surface area contributed by atoms with Gasteiger partial charge in [-0.15, -0.1) is 0 Å². The van der Waals surface area contributed by atoms with Crippen LogP contribution in [-0.4, -0.2) is 26.3 Å². The van der Waals surface area contributed by atoms with Crippen molar-refractivity contribution < 1.29 is 4.74 Å². The number of hydrogen-bond acceptors (Lipinski definition) is 2. The average Bonchev–Trinajstić information content (AvgIpc) is 2.36. The zero-order valence-corrected chi connectivity index (χ0v) is 12.2. The van der Waals surface area contributed by atoms with Gasteiger partial charge in [-0.05, 0) is 56.0 Å². The third kappa shape index (κ3) is 2.49. The first-order valence-electron chi connectivity index (χ1n) is 6.83. The van der Waals surface area contributed by atoms with Crippen molar-refractivity contribution in [1.29, 1.82) is 0 Å². The van der Waals surface area contributed by atoms with Crippen LogP contribution >= 0.6 is 15.9 Å². The molecular formula is C15H20BrNO. The van der Waals surface area contributed by atoms with Gasteiger partial charge in [-0.3, -0.25) is 0 Å². The molecule has 0 aromatic heterocycles. The van der Waals surface area contributed by atoms with Gasteiger partial charge in [0.1, 0.15) is 0 Å². The molecule has 1 unspecified atom stereocenters. The molecule has 2 saturated heterocycles. The highest BCUT2D eigenvalue weighted by Gasteiger charge is 2.42. The monoisotopic (exact) mass is 309 g/mol. The fourth-order valence-corrected chi connectivity index (χ4v) is 3.47. The smallest absolute Gasteiger partial charge is 0.0585 e.